The van der Waals surface area contributed by atoms with Crippen LogP contribution in [0, 0.1) is 0 Å². The molecule has 0 atom stereocenters. The Bertz CT molecular complexity index is 442. The molecule has 0 bridgehead atoms. The lowest BCUT2D eigenvalue weighted by Gasteiger charge is -2.07. The Morgan fingerprint density at radius 1 is 1.25 bits per heavy atom. The monoisotopic (exact) mass is 217 g/mol. The van der Waals surface area contributed by atoms with Gasteiger partial charge in [-0.25, -0.2) is 9.80 Å². The third-order valence-corrected chi connectivity index (χ3v) is 2.31. The van der Waals surface area contributed by atoms with Crippen molar-refractivity contribution in [3.05, 3.63) is 35.9 Å². The lowest BCUT2D eigenvalue weighted by molar-refractivity contribution is -0.124. The summed E-state index contributed by atoms with van der Waals surface area (Å²) in [5, 5.41) is 5.12. The summed E-state index contributed by atoms with van der Waals surface area (Å²) in [5.74, 6) is -0.241. The van der Waals surface area contributed by atoms with E-state index in [1.54, 1.807) is 6.21 Å². The molecule has 1 aromatic carbocycles. The molecule has 0 aliphatic carbocycles. The van der Waals surface area contributed by atoms with Gasteiger partial charge in [-0.2, -0.15) is 5.10 Å². The van der Waals surface area contributed by atoms with E-state index in [9.17, 15) is 9.59 Å². The Morgan fingerprint density at radius 3 is 2.50 bits per heavy atom. The number of benzene rings is 1. The van der Waals surface area contributed by atoms with Crippen LogP contribution in [0.4, 0.5) is 4.79 Å². The second-order valence-electron chi connectivity index (χ2n) is 3.45. The molecule has 0 unspecified atom stereocenters. The van der Waals surface area contributed by atoms with Crippen molar-refractivity contribution in [2.45, 2.75) is 0 Å². The van der Waals surface area contributed by atoms with Crippen LogP contribution in [0.15, 0.2) is 35.4 Å². The molecule has 1 heterocycles. The van der Waals surface area contributed by atoms with Gasteiger partial charge in [-0.05, 0) is 5.56 Å². The topological polar surface area (TPSA) is 53.0 Å². The average molecular weight is 217 g/mol. The first kappa shape index (κ1) is 10.4. The van der Waals surface area contributed by atoms with Crippen LogP contribution < -0.4 is 0 Å². The fraction of sp³-hybridized carbons (Fsp3) is 0.182. The van der Waals surface area contributed by atoms with Crippen LogP contribution in [0.2, 0.25) is 0 Å². The molecule has 1 aromatic rings. The first-order chi connectivity index (χ1) is 7.68. The summed E-state index contributed by atoms with van der Waals surface area (Å²) in [7, 11) is 1.45. The molecule has 0 radical (unpaired) electrons. The molecule has 16 heavy (non-hydrogen) atoms. The maximum Gasteiger partial charge on any atom is 0.347 e. The molecular weight excluding hydrogens is 206 g/mol. The molecule has 0 aromatic heterocycles. The quantitative estimate of drug-likeness (QED) is 0.546. The number of imide groups is 1. The van der Waals surface area contributed by atoms with E-state index in [0.717, 1.165) is 15.5 Å². The normalized spacial score (nSPS) is 16.6. The van der Waals surface area contributed by atoms with Gasteiger partial charge in [0.15, 0.2) is 0 Å². The number of likely N-dealkylation sites (N-methyl/N-ethyl adjacent to an activating group) is 1. The number of hydrogen-bond acceptors (Lipinski definition) is 3. The molecule has 1 fully saturated rings. The first-order valence-corrected chi connectivity index (χ1v) is 4.85. The number of carbonyl (C=O) groups is 2. The molecular formula is C11H11N3O2. The van der Waals surface area contributed by atoms with Crippen LogP contribution in [0.3, 0.4) is 0 Å². The van der Waals surface area contributed by atoms with Gasteiger partial charge in [0, 0.05) is 7.05 Å². The minimum Gasteiger partial charge on any atom is -0.272 e. The molecule has 1 aliphatic heterocycles. The highest BCUT2D eigenvalue weighted by molar-refractivity contribution is 6.01. The second-order valence-corrected chi connectivity index (χ2v) is 3.45. The van der Waals surface area contributed by atoms with Crippen LogP contribution in [0.25, 0.3) is 0 Å². The van der Waals surface area contributed by atoms with Crippen LogP contribution in [0.5, 0.6) is 0 Å². The van der Waals surface area contributed by atoms with Gasteiger partial charge in [0.2, 0.25) is 0 Å². The van der Waals surface area contributed by atoms with Gasteiger partial charge in [-0.15, -0.1) is 0 Å². The van der Waals surface area contributed by atoms with Crippen molar-refractivity contribution in [3.63, 3.8) is 0 Å². The molecule has 0 spiro atoms. The van der Waals surface area contributed by atoms with Gasteiger partial charge in [-0.1, -0.05) is 30.3 Å². The lowest BCUT2D eigenvalue weighted by Crippen LogP contribution is -2.26. The Balaban J connectivity index is 2.09. The zero-order valence-electron chi connectivity index (χ0n) is 8.83. The summed E-state index contributed by atoms with van der Waals surface area (Å²) >= 11 is 0. The van der Waals surface area contributed by atoms with Crippen molar-refractivity contribution >= 4 is 18.2 Å². The first-order valence-electron chi connectivity index (χ1n) is 4.85. The van der Waals surface area contributed by atoms with Gasteiger partial charge in [0.25, 0.3) is 5.91 Å². The fourth-order valence-corrected chi connectivity index (χ4v) is 1.35. The van der Waals surface area contributed by atoms with Gasteiger partial charge in [0.05, 0.1) is 6.21 Å². The summed E-state index contributed by atoms with van der Waals surface area (Å²) < 4.78 is 0. The SMILES string of the molecule is CN1C(=O)CN(N=Cc2ccccc2)C1=O. The standard InChI is InChI=1S/C11H11N3O2/c1-13-10(15)8-14(11(13)16)12-7-9-5-3-2-4-6-9/h2-7H,8H2,1H3. The Morgan fingerprint density at radius 2 is 1.94 bits per heavy atom. The Labute approximate surface area is 93.0 Å². The summed E-state index contributed by atoms with van der Waals surface area (Å²) in [6.07, 6.45) is 1.56. The molecule has 2 rings (SSSR count). The van der Waals surface area contributed by atoms with Crippen molar-refractivity contribution in [2.24, 2.45) is 5.10 Å². The van der Waals surface area contributed by atoms with Gasteiger partial charge >= 0.3 is 6.03 Å². The summed E-state index contributed by atoms with van der Waals surface area (Å²) in [6, 6.07) is 9.01. The molecule has 1 saturated heterocycles. The number of carbonyl (C=O) groups excluding carboxylic acids is 2. The van der Waals surface area contributed by atoms with Crippen molar-refractivity contribution in [1.29, 1.82) is 0 Å². The zero-order chi connectivity index (χ0) is 11.5. The number of urea groups is 1. The minimum absolute atomic E-state index is 0.0126. The highest BCUT2D eigenvalue weighted by Crippen LogP contribution is 2.07. The van der Waals surface area contributed by atoms with E-state index < -0.39 is 6.03 Å². The van der Waals surface area contributed by atoms with Gasteiger partial charge in [0.1, 0.15) is 6.54 Å². The maximum atomic E-state index is 11.5. The van der Waals surface area contributed by atoms with E-state index in [1.165, 1.54) is 7.05 Å². The van der Waals surface area contributed by atoms with Crippen LogP contribution in [-0.4, -0.2) is 41.7 Å². The molecule has 3 amide bonds. The van der Waals surface area contributed by atoms with Gasteiger partial charge < -0.3 is 0 Å². The largest absolute Gasteiger partial charge is 0.347 e. The molecule has 0 N–H and O–H groups in total. The fourth-order valence-electron chi connectivity index (χ4n) is 1.35. The summed E-state index contributed by atoms with van der Waals surface area (Å²) in [6.45, 7) is 0.0126. The Hall–Kier alpha value is -2.17. The number of hydrogen-bond donors (Lipinski definition) is 0. The highest BCUT2D eigenvalue weighted by Gasteiger charge is 2.32. The molecule has 1 aliphatic rings. The molecule has 0 saturated carbocycles. The maximum absolute atomic E-state index is 11.5. The highest BCUT2D eigenvalue weighted by atomic mass is 16.2. The predicted molar refractivity (Wildman–Crippen MR) is 58.9 cm³/mol. The summed E-state index contributed by atoms with van der Waals surface area (Å²) in [5.41, 5.74) is 0.886. The molecule has 5 nitrogen and oxygen atoms in total. The van der Waals surface area contributed by atoms with E-state index in [4.69, 9.17) is 0 Å². The van der Waals surface area contributed by atoms with E-state index in [-0.39, 0.29) is 12.5 Å². The van der Waals surface area contributed by atoms with Crippen LogP contribution in [-0.2, 0) is 4.79 Å². The van der Waals surface area contributed by atoms with Crippen molar-refractivity contribution < 1.29 is 9.59 Å². The number of hydrazone groups is 1. The minimum atomic E-state index is -0.391. The van der Waals surface area contributed by atoms with Crippen LogP contribution >= 0.6 is 0 Å². The van der Waals surface area contributed by atoms with E-state index in [1.807, 2.05) is 30.3 Å². The van der Waals surface area contributed by atoms with Crippen molar-refractivity contribution in [1.82, 2.24) is 9.91 Å². The average Bonchev–Trinajstić information content (AvgIpc) is 2.56. The molecule has 82 valence electrons. The number of rotatable bonds is 2. The Kier molecular flexibility index (Phi) is 2.68. The predicted octanol–water partition coefficient (Wildman–Crippen LogP) is 0.914. The molecule has 5 heteroatoms. The van der Waals surface area contributed by atoms with Gasteiger partial charge in [-0.3, -0.25) is 9.69 Å². The third kappa shape index (κ3) is 1.93. The van der Waals surface area contributed by atoms with E-state index in [0.29, 0.717) is 0 Å². The van der Waals surface area contributed by atoms with E-state index >= 15 is 0 Å². The van der Waals surface area contributed by atoms with Crippen molar-refractivity contribution in [2.75, 3.05) is 13.6 Å². The number of nitrogens with zero attached hydrogens (tertiary/aromatic N) is 3. The van der Waals surface area contributed by atoms with Crippen LogP contribution in [0.1, 0.15) is 5.56 Å². The smallest absolute Gasteiger partial charge is 0.272 e. The zero-order valence-corrected chi connectivity index (χ0v) is 8.83. The number of amides is 3. The lowest BCUT2D eigenvalue weighted by atomic mass is 10.2. The summed E-state index contributed by atoms with van der Waals surface area (Å²) in [4.78, 5) is 23.7. The third-order valence-electron chi connectivity index (χ3n) is 2.31. The van der Waals surface area contributed by atoms with E-state index in [2.05, 4.69) is 5.10 Å². The second kappa shape index (κ2) is 4.14. The van der Waals surface area contributed by atoms with Crippen molar-refractivity contribution in [3.8, 4) is 0 Å².